The van der Waals surface area contributed by atoms with E-state index in [-0.39, 0.29) is 12.1 Å². The lowest BCUT2D eigenvalue weighted by Gasteiger charge is -2.35. The van der Waals surface area contributed by atoms with Gasteiger partial charge < -0.3 is 9.64 Å². The Hall–Kier alpha value is -4.70. The minimum Gasteiger partial charge on any atom is -0.497 e. The molecule has 44 heavy (non-hydrogen) atoms. The van der Waals surface area contributed by atoms with Crippen molar-refractivity contribution in [3.63, 3.8) is 0 Å². The summed E-state index contributed by atoms with van der Waals surface area (Å²) in [6.07, 6.45) is 0. The van der Waals surface area contributed by atoms with Crippen LogP contribution in [0.25, 0.3) is 11.2 Å². The number of methoxy groups -OCH3 is 1. The van der Waals surface area contributed by atoms with Crippen LogP contribution in [0.1, 0.15) is 27.8 Å². The molecule has 0 N–H and O–H groups in total. The molecule has 0 radical (unpaired) electrons. The molecule has 0 unspecified atom stereocenters. The number of ether oxygens (including phenoxy) is 1. The number of imidazole rings is 1. The first-order valence-corrected chi connectivity index (χ1v) is 14.8. The monoisotopic (exact) mass is 596 g/mol. The van der Waals surface area contributed by atoms with Gasteiger partial charge in [-0.3, -0.25) is 23.4 Å². The van der Waals surface area contributed by atoms with Crippen LogP contribution < -0.4 is 20.9 Å². The van der Waals surface area contributed by atoms with Crippen LogP contribution >= 0.6 is 0 Å². The van der Waals surface area contributed by atoms with Crippen LogP contribution in [0.2, 0.25) is 0 Å². The molecule has 5 aromatic rings. The van der Waals surface area contributed by atoms with E-state index in [0.717, 1.165) is 35.5 Å². The first-order valence-electron chi connectivity index (χ1n) is 14.8. The second-order valence-electron chi connectivity index (χ2n) is 11.5. The number of piperazine rings is 1. The van der Waals surface area contributed by atoms with Crippen molar-refractivity contribution in [2.45, 2.75) is 33.5 Å². The van der Waals surface area contributed by atoms with Crippen LogP contribution in [-0.4, -0.2) is 56.9 Å². The average Bonchev–Trinajstić information content (AvgIpc) is 3.41. The largest absolute Gasteiger partial charge is 0.497 e. The van der Waals surface area contributed by atoms with Crippen molar-refractivity contribution in [2.24, 2.45) is 7.05 Å². The summed E-state index contributed by atoms with van der Waals surface area (Å²) in [5.41, 5.74) is 4.68. The van der Waals surface area contributed by atoms with Crippen LogP contribution in [0.3, 0.4) is 0 Å². The number of rotatable bonds is 8. The van der Waals surface area contributed by atoms with E-state index in [1.54, 1.807) is 32.4 Å². The van der Waals surface area contributed by atoms with Crippen molar-refractivity contribution < 1.29 is 9.13 Å². The zero-order valence-electron chi connectivity index (χ0n) is 25.6. The van der Waals surface area contributed by atoms with Gasteiger partial charge in [-0.2, -0.15) is 4.98 Å². The lowest BCUT2D eigenvalue weighted by Crippen LogP contribution is -2.47. The fourth-order valence-electron chi connectivity index (χ4n) is 5.92. The van der Waals surface area contributed by atoms with Gasteiger partial charge >= 0.3 is 5.69 Å². The predicted octanol–water partition coefficient (Wildman–Crippen LogP) is 4.08. The Labute approximate surface area is 255 Å². The molecular formula is C34H37FN6O3. The Kier molecular flexibility index (Phi) is 8.09. The SMILES string of the molecule is COc1ccc(Cn2c(N3CCN(Cc4cc(C)ccc4C)CC3)nc3c2c(=O)n(Cc2ccccc2F)c(=O)n3C)cc1. The second kappa shape index (κ2) is 12.1. The molecule has 6 rings (SSSR count). The van der Waals surface area contributed by atoms with E-state index in [0.29, 0.717) is 36.7 Å². The number of hydrogen-bond donors (Lipinski definition) is 0. The van der Waals surface area contributed by atoms with Gasteiger partial charge in [-0.1, -0.05) is 54.1 Å². The fraction of sp³-hybridized carbons (Fsp3) is 0.324. The first-order chi connectivity index (χ1) is 21.2. The number of aryl methyl sites for hydroxylation is 3. The van der Waals surface area contributed by atoms with Gasteiger partial charge in [0.15, 0.2) is 11.2 Å². The molecule has 3 aromatic carbocycles. The van der Waals surface area contributed by atoms with Crippen LogP contribution in [0, 0.1) is 19.7 Å². The number of aromatic nitrogens is 4. The van der Waals surface area contributed by atoms with E-state index in [1.807, 2.05) is 28.8 Å². The van der Waals surface area contributed by atoms with Gasteiger partial charge in [-0.05, 0) is 48.7 Å². The summed E-state index contributed by atoms with van der Waals surface area (Å²) >= 11 is 0. The van der Waals surface area contributed by atoms with Gasteiger partial charge in [0.25, 0.3) is 5.56 Å². The zero-order chi connectivity index (χ0) is 31.0. The first kappa shape index (κ1) is 29.4. The standard InChI is InChI=1S/C34H37FN6O3/c1-23-9-10-24(2)27(19-23)21-38-15-17-39(18-16-38)33-36-31-30(40(33)20-25-11-13-28(44-4)14-12-25)32(42)41(34(43)37(31)3)22-26-7-5-6-8-29(26)35/h5-14,19H,15-18,20-22H2,1-4H3. The van der Waals surface area contributed by atoms with Gasteiger partial charge in [0.2, 0.25) is 5.95 Å². The molecule has 0 amide bonds. The van der Waals surface area contributed by atoms with Crippen LogP contribution in [0.15, 0.2) is 76.3 Å². The van der Waals surface area contributed by atoms with Crippen molar-refractivity contribution in [1.29, 1.82) is 0 Å². The minimum atomic E-state index is -0.537. The minimum absolute atomic E-state index is 0.172. The third kappa shape index (κ3) is 5.65. The molecule has 0 aliphatic carbocycles. The molecule has 0 spiro atoms. The fourth-order valence-corrected chi connectivity index (χ4v) is 5.92. The summed E-state index contributed by atoms with van der Waals surface area (Å²) in [7, 11) is 3.23. The summed E-state index contributed by atoms with van der Waals surface area (Å²) in [4.78, 5) is 37.0. The third-order valence-corrected chi connectivity index (χ3v) is 8.55. The Bertz CT molecular complexity index is 1930. The molecule has 9 nitrogen and oxygen atoms in total. The average molecular weight is 597 g/mol. The van der Waals surface area contributed by atoms with Crippen molar-refractivity contribution in [3.8, 4) is 5.75 Å². The Balaban J connectivity index is 1.39. The second-order valence-corrected chi connectivity index (χ2v) is 11.5. The van der Waals surface area contributed by atoms with E-state index in [4.69, 9.17) is 9.72 Å². The summed E-state index contributed by atoms with van der Waals surface area (Å²) in [6.45, 7) is 8.42. The maximum absolute atomic E-state index is 14.6. The summed E-state index contributed by atoms with van der Waals surface area (Å²) in [5, 5.41) is 0. The number of anilines is 1. The number of fused-ring (bicyclic) bond motifs is 1. The molecule has 228 valence electrons. The molecule has 2 aromatic heterocycles. The predicted molar refractivity (Wildman–Crippen MR) is 170 cm³/mol. The highest BCUT2D eigenvalue weighted by molar-refractivity contribution is 5.75. The lowest BCUT2D eigenvalue weighted by molar-refractivity contribution is 0.248. The van der Waals surface area contributed by atoms with E-state index < -0.39 is 17.1 Å². The molecule has 1 aliphatic heterocycles. The van der Waals surface area contributed by atoms with E-state index >= 15 is 0 Å². The maximum Gasteiger partial charge on any atom is 0.332 e. The van der Waals surface area contributed by atoms with Crippen LogP contribution in [-0.2, 0) is 26.7 Å². The quantitative estimate of drug-likeness (QED) is 0.269. The Morgan fingerprint density at radius 1 is 0.841 bits per heavy atom. The van der Waals surface area contributed by atoms with E-state index in [9.17, 15) is 14.0 Å². The van der Waals surface area contributed by atoms with Gasteiger partial charge in [-0.25, -0.2) is 9.18 Å². The highest BCUT2D eigenvalue weighted by Gasteiger charge is 2.27. The highest BCUT2D eigenvalue weighted by Crippen LogP contribution is 2.24. The van der Waals surface area contributed by atoms with Gasteiger partial charge in [0.05, 0.1) is 20.2 Å². The van der Waals surface area contributed by atoms with Crippen molar-refractivity contribution in [1.82, 2.24) is 23.6 Å². The van der Waals surface area contributed by atoms with Crippen molar-refractivity contribution in [3.05, 3.63) is 121 Å². The lowest BCUT2D eigenvalue weighted by atomic mass is 10.0. The summed E-state index contributed by atoms with van der Waals surface area (Å²) in [6, 6.07) is 20.4. The maximum atomic E-state index is 14.6. The molecule has 0 saturated carbocycles. The molecule has 1 fully saturated rings. The topological polar surface area (TPSA) is 77.5 Å². The molecule has 3 heterocycles. The van der Waals surface area contributed by atoms with Crippen LogP contribution in [0.4, 0.5) is 10.3 Å². The summed E-state index contributed by atoms with van der Waals surface area (Å²) in [5.74, 6) is 0.907. The van der Waals surface area contributed by atoms with Gasteiger partial charge in [-0.15, -0.1) is 0 Å². The van der Waals surface area contributed by atoms with Gasteiger partial charge in [0, 0.05) is 45.3 Å². The number of benzene rings is 3. The molecule has 1 aliphatic rings. The van der Waals surface area contributed by atoms with Crippen LogP contribution in [0.5, 0.6) is 5.75 Å². The number of nitrogens with zero attached hydrogens (tertiary/aromatic N) is 6. The van der Waals surface area contributed by atoms with E-state index in [1.165, 1.54) is 27.3 Å². The zero-order valence-corrected chi connectivity index (χ0v) is 25.6. The molecule has 0 bridgehead atoms. The number of hydrogen-bond acceptors (Lipinski definition) is 6. The normalized spacial score (nSPS) is 14.0. The smallest absolute Gasteiger partial charge is 0.332 e. The Morgan fingerprint density at radius 2 is 1.57 bits per heavy atom. The molecule has 10 heteroatoms. The van der Waals surface area contributed by atoms with Crippen molar-refractivity contribution >= 4 is 17.1 Å². The third-order valence-electron chi connectivity index (χ3n) is 8.55. The van der Waals surface area contributed by atoms with E-state index in [2.05, 4.69) is 41.8 Å². The molecular weight excluding hydrogens is 559 g/mol. The highest BCUT2D eigenvalue weighted by atomic mass is 19.1. The Morgan fingerprint density at radius 3 is 2.27 bits per heavy atom. The summed E-state index contributed by atoms with van der Waals surface area (Å²) < 4.78 is 24.3. The number of halogens is 1. The van der Waals surface area contributed by atoms with Gasteiger partial charge in [0.1, 0.15) is 11.6 Å². The molecule has 0 atom stereocenters. The molecule has 1 saturated heterocycles. The van der Waals surface area contributed by atoms with Crippen molar-refractivity contribution in [2.75, 3.05) is 38.2 Å².